The summed E-state index contributed by atoms with van der Waals surface area (Å²) in [5.74, 6) is -1.27. The van der Waals surface area contributed by atoms with Crippen molar-refractivity contribution in [2.75, 3.05) is 7.05 Å². The molecule has 0 saturated carbocycles. The average Bonchev–Trinajstić information content (AvgIpc) is 3.16. The fourth-order valence-electron chi connectivity index (χ4n) is 2.13. The lowest BCUT2D eigenvalue weighted by molar-refractivity contribution is -0.121. The van der Waals surface area contributed by atoms with Gasteiger partial charge in [0.15, 0.2) is 5.17 Å². The minimum absolute atomic E-state index is 0.146. The number of hydrogen-bond acceptors (Lipinski definition) is 7. The second kappa shape index (κ2) is 7.16. The molecule has 2 heterocycles. The number of carboxylic acids is 1. The Balaban J connectivity index is 1.92. The molecule has 1 N–H and O–H groups in total. The quantitative estimate of drug-likeness (QED) is 0.827. The Morgan fingerprint density at radius 3 is 2.80 bits per heavy atom. The number of aromatic carboxylic acids is 1. The van der Waals surface area contributed by atoms with Crippen LogP contribution in [0.15, 0.2) is 34.2 Å². The van der Waals surface area contributed by atoms with Gasteiger partial charge in [0, 0.05) is 7.05 Å². The molecule has 2 aromatic rings. The van der Waals surface area contributed by atoms with E-state index >= 15 is 0 Å². The van der Waals surface area contributed by atoms with Crippen LogP contribution in [0.4, 0.5) is 5.13 Å². The van der Waals surface area contributed by atoms with Gasteiger partial charge in [0.25, 0.3) is 5.91 Å². The van der Waals surface area contributed by atoms with E-state index < -0.39 is 5.97 Å². The summed E-state index contributed by atoms with van der Waals surface area (Å²) in [5.41, 5.74) is 0.623. The summed E-state index contributed by atoms with van der Waals surface area (Å²) in [6.07, 6.45) is 2.36. The van der Waals surface area contributed by atoms with Crippen LogP contribution in [0.5, 0.6) is 0 Å². The molecule has 1 amide bonds. The predicted octanol–water partition coefficient (Wildman–Crippen LogP) is 3.03. The van der Waals surface area contributed by atoms with E-state index in [1.54, 1.807) is 31.3 Å². The highest BCUT2D eigenvalue weighted by atomic mass is 32.2. The monoisotopic (exact) mass is 374 g/mol. The van der Waals surface area contributed by atoms with Crippen LogP contribution in [-0.2, 0) is 11.2 Å². The molecule has 1 aromatic carbocycles. The SMILES string of the molecule is CCc1nnc(/N=C2/S/C(=C/c3ccccc3C(=O)O)C(=O)N2C)s1. The van der Waals surface area contributed by atoms with E-state index in [1.165, 1.54) is 34.1 Å². The maximum atomic E-state index is 12.4. The van der Waals surface area contributed by atoms with E-state index in [4.69, 9.17) is 0 Å². The normalized spacial score (nSPS) is 17.7. The molecule has 0 atom stereocenters. The lowest BCUT2D eigenvalue weighted by atomic mass is 10.1. The van der Waals surface area contributed by atoms with Crippen molar-refractivity contribution >= 4 is 51.4 Å². The van der Waals surface area contributed by atoms with Gasteiger partial charge in [-0.3, -0.25) is 9.69 Å². The van der Waals surface area contributed by atoms with Crippen molar-refractivity contribution in [1.29, 1.82) is 0 Å². The molecule has 3 rings (SSSR count). The minimum Gasteiger partial charge on any atom is -0.478 e. The molecule has 0 bridgehead atoms. The first-order valence-corrected chi connectivity index (χ1v) is 9.04. The number of hydrogen-bond donors (Lipinski definition) is 1. The molecule has 0 aliphatic carbocycles. The van der Waals surface area contributed by atoms with E-state index in [1.807, 2.05) is 6.92 Å². The van der Waals surface area contributed by atoms with Crippen LogP contribution in [0, 0.1) is 0 Å². The number of carbonyl (C=O) groups excluding carboxylic acids is 1. The summed E-state index contributed by atoms with van der Waals surface area (Å²) in [7, 11) is 1.62. The maximum absolute atomic E-state index is 12.4. The van der Waals surface area contributed by atoms with Crippen LogP contribution in [0.3, 0.4) is 0 Å². The number of carbonyl (C=O) groups is 2. The van der Waals surface area contributed by atoms with E-state index in [2.05, 4.69) is 15.2 Å². The number of benzene rings is 1. The first-order valence-electron chi connectivity index (χ1n) is 7.40. The number of thioether (sulfide) groups is 1. The first-order chi connectivity index (χ1) is 12.0. The molecule has 1 saturated heterocycles. The Bertz CT molecular complexity index is 904. The van der Waals surface area contributed by atoms with E-state index in [-0.39, 0.29) is 11.5 Å². The smallest absolute Gasteiger partial charge is 0.336 e. The summed E-state index contributed by atoms with van der Waals surface area (Å²) >= 11 is 2.56. The molecule has 0 spiro atoms. The van der Waals surface area contributed by atoms with Gasteiger partial charge in [-0.25, -0.2) is 4.79 Å². The van der Waals surface area contributed by atoms with Gasteiger partial charge < -0.3 is 5.11 Å². The van der Waals surface area contributed by atoms with Crippen LogP contribution in [-0.4, -0.2) is 44.3 Å². The van der Waals surface area contributed by atoms with Crippen molar-refractivity contribution in [3.05, 3.63) is 45.3 Å². The van der Waals surface area contributed by atoms with Crippen molar-refractivity contribution in [2.24, 2.45) is 4.99 Å². The molecule has 128 valence electrons. The van der Waals surface area contributed by atoms with Gasteiger partial charge in [0.2, 0.25) is 5.13 Å². The minimum atomic E-state index is -1.04. The molecule has 1 fully saturated rings. The van der Waals surface area contributed by atoms with E-state index in [9.17, 15) is 14.7 Å². The van der Waals surface area contributed by atoms with Crippen molar-refractivity contribution < 1.29 is 14.7 Å². The first kappa shape index (κ1) is 17.3. The van der Waals surface area contributed by atoms with Crippen LogP contribution in [0.1, 0.15) is 27.9 Å². The van der Waals surface area contributed by atoms with Crippen molar-refractivity contribution in [1.82, 2.24) is 15.1 Å². The van der Waals surface area contributed by atoms with E-state index in [0.717, 1.165) is 11.4 Å². The second-order valence-electron chi connectivity index (χ2n) is 5.09. The van der Waals surface area contributed by atoms with Gasteiger partial charge in [-0.2, -0.15) is 4.99 Å². The molecular weight excluding hydrogens is 360 g/mol. The lowest BCUT2D eigenvalue weighted by Gasteiger charge is -2.05. The van der Waals surface area contributed by atoms with Gasteiger partial charge in [-0.15, -0.1) is 10.2 Å². The zero-order chi connectivity index (χ0) is 18.0. The Morgan fingerprint density at radius 1 is 1.36 bits per heavy atom. The standard InChI is InChI=1S/C16H14N4O3S2/c1-3-12-18-19-15(25-12)17-16-20(2)13(21)11(24-16)8-9-6-4-5-7-10(9)14(22)23/h4-8H,3H2,1-2H3,(H,22,23)/b11-8+,17-16+. The third-order valence-electron chi connectivity index (χ3n) is 3.43. The van der Waals surface area contributed by atoms with Crippen molar-refractivity contribution in [2.45, 2.75) is 13.3 Å². The summed E-state index contributed by atoms with van der Waals surface area (Å²) in [4.78, 5) is 30.0. The molecule has 1 aliphatic heterocycles. The van der Waals surface area contributed by atoms with Crippen molar-refractivity contribution in [3.63, 3.8) is 0 Å². The Kier molecular flexibility index (Phi) is 4.95. The second-order valence-corrected chi connectivity index (χ2v) is 7.14. The van der Waals surface area contributed by atoms with Gasteiger partial charge in [0.1, 0.15) is 5.01 Å². The number of amides is 1. The Labute approximate surface area is 152 Å². The van der Waals surface area contributed by atoms with Gasteiger partial charge in [-0.05, 0) is 35.9 Å². The molecule has 0 radical (unpaired) electrons. The molecule has 9 heteroatoms. The summed E-state index contributed by atoms with van der Waals surface area (Å²) in [5, 5.41) is 19.1. The number of carboxylic acid groups (broad SMARTS) is 1. The number of nitrogens with zero attached hydrogens (tertiary/aromatic N) is 4. The molecular formula is C16H14N4O3S2. The van der Waals surface area contributed by atoms with Crippen LogP contribution in [0.2, 0.25) is 0 Å². The predicted molar refractivity (Wildman–Crippen MR) is 98.1 cm³/mol. The van der Waals surface area contributed by atoms with Gasteiger partial charge >= 0.3 is 5.97 Å². The highest BCUT2D eigenvalue weighted by Gasteiger charge is 2.31. The molecule has 1 aliphatic rings. The molecule has 0 unspecified atom stereocenters. The van der Waals surface area contributed by atoms with Crippen LogP contribution in [0.25, 0.3) is 6.08 Å². The fraction of sp³-hybridized carbons (Fsp3) is 0.188. The zero-order valence-electron chi connectivity index (χ0n) is 13.5. The number of aliphatic imine (C=N–C) groups is 1. The summed E-state index contributed by atoms with van der Waals surface area (Å²) in [6, 6.07) is 6.55. The Hall–Kier alpha value is -2.52. The van der Waals surface area contributed by atoms with Crippen molar-refractivity contribution in [3.8, 4) is 0 Å². The largest absolute Gasteiger partial charge is 0.478 e. The highest BCUT2D eigenvalue weighted by molar-refractivity contribution is 8.18. The average molecular weight is 374 g/mol. The van der Waals surface area contributed by atoms with Crippen LogP contribution < -0.4 is 0 Å². The number of rotatable bonds is 4. The Morgan fingerprint density at radius 2 is 2.12 bits per heavy atom. The number of aryl methyl sites for hydroxylation is 1. The lowest BCUT2D eigenvalue weighted by Crippen LogP contribution is -2.23. The zero-order valence-corrected chi connectivity index (χ0v) is 15.1. The van der Waals surface area contributed by atoms with E-state index in [0.29, 0.717) is 20.8 Å². The topological polar surface area (TPSA) is 95.7 Å². The number of aromatic nitrogens is 2. The third kappa shape index (κ3) is 3.62. The number of likely N-dealkylation sites (N-methyl/N-ethyl adjacent to an activating group) is 1. The number of amidine groups is 1. The van der Waals surface area contributed by atoms with Crippen LogP contribution >= 0.6 is 23.1 Å². The van der Waals surface area contributed by atoms with Gasteiger partial charge in [-0.1, -0.05) is 36.5 Å². The molecule has 1 aromatic heterocycles. The summed E-state index contributed by atoms with van der Waals surface area (Å²) in [6.45, 7) is 1.98. The highest BCUT2D eigenvalue weighted by Crippen LogP contribution is 2.34. The maximum Gasteiger partial charge on any atom is 0.336 e. The molecule has 7 nitrogen and oxygen atoms in total. The van der Waals surface area contributed by atoms with Gasteiger partial charge in [0.05, 0.1) is 10.5 Å². The fourth-order valence-corrected chi connectivity index (χ4v) is 3.79. The summed E-state index contributed by atoms with van der Waals surface area (Å²) < 4.78 is 0. The third-order valence-corrected chi connectivity index (χ3v) is 5.45. The molecule has 25 heavy (non-hydrogen) atoms.